The zero-order valence-corrected chi connectivity index (χ0v) is 13.0. The van der Waals surface area contributed by atoms with Gasteiger partial charge in [-0.1, -0.05) is 48.5 Å². The molecule has 0 saturated heterocycles. The molecule has 0 amide bonds. The van der Waals surface area contributed by atoms with Gasteiger partial charge in [0.2, 0.25) is 0 Å². The van der Waals surface area contributed by atoms with Crippen molar-refractivity contribution in [2.75, 3.05) is 6.54 Å². The van der Waals surface area contributed by atoms with Crippen molar-refractivity contribution in [3.63, 3.8) is 0 Å². The Morgan fingerprint density at radius 3 is 2.68 bits per heavy atom. The average Bonchev–Trinajstić information content (AvgIpc) is 3.10. The molecule has 1 atom stereocenters. The van der Waals surface area contributed by atoms with Gasteiger partial charge in [0.25, 0.3) is 0 Å². The molecule has 1 aromatic heterocycles. The van der Waals surface area contributed by atoms with Crippen LogP contribution in [-0.4, -0.2) is 11.1 Å². The Balaban J connectivity index is 1.52. The molecule has 1 N–H and O–H groups in total. The van der Waals surface area contributed by atoms with Gasteiger partial charge in [0.05, 0.1) is 0 Å². The number of hydrogen-bond donors (Lipinski definition) is 1. The lowest BCUT2D eigenvalue weighted by Gasteiger charge is -2.15. The summed E-state index contributed by atoms with van der Waals surface area (Å²) in [5.41, 5.74) is 5.82. The SMILES string of the molecule is Cn1c2c(c3ccccc31)CCC2NCCc1ccccc1. The van der Waals surface area contributed by atoms with Gasteiger partial charge in [-0.05, 0) is 43.0 Å². The number of nitrogens with one attached hydrogen (secondary N) is 1. The van der Waals surface area contributed by atoms with Gasteiger partial charge in [-0.25, -0.2) is 0 Å². The van der Waals surface area contributed by atoms with E-state index in [9.17, 15) is 0 Å². The summed E-state index contributed by atoms with van der Waals surface area (Å²) in [5, 5.41) is 5.20. The van der Waals surface area contributed by atoms with Gasteiger partial charge in [0.15, 0.2) is 0 Å². The average molecular weight is 290 g/mol. The van der Waals surface area contributed by atoms with Crippen LogP contribution in [0, 0.1) is 0 Å². The van der Waals surface area contributed by atoms with E-state index in [0.29, 0.717) is 6.04 Å². The van der Waals surface area contributed by atoms with Crippen LogP contribution in [0.2, 0.25) is 0 Å². The fraction of sp³-hybridized carbons (Fsp3) is 0.300. The fourth-order valence-corrected chi connectivity index (χ4v) is 3.86. The largest absolute Gasteiger partial charge is 0.346 e. The Bertz CT molecular complexity index is 786. The molecule has 2 heteroatoms. The summed E-state index contributed by atoms with van der Waals surface area (Å²) in [5.74, 6) is 0. The molecule has 112 valence electrons. The van der Waals surface area contributed by atoms with Gasteiger partial charge in [-0.2, -0.15) is 0 Å². The molecule has 2 aromatic carbocycles. The zero-order chi connectivity index (χ0) is 14.9. The summed E-state index contributed by atoms with van der Waals surface area (Å²) in [4.78, 5) is 0. The number of fused-ring (bicyclic) bond motifs is 3. The third kappa shape index (κ3) is 2.24. The number of rotatable bonds is 4. The fourth-order valence-electron chi connectivity index (χ4n) is 3.86. The first-order chi connectivity index (χ1) is 10.8. The van der Waals surface area contributed by atoms with Crippen LogP contribution in [0.5, 0.6) is 0 Å². The summed E-state index contributed by atoms with van der Waals surface area (Å²) in [7, 11) is 2.21. The van der Waals surface area contributed by atoms with Gasteiger partial charge in [0, 0.05) is 29.7 Å². The second kappa shape index (κ2) is 5.62. The van der Waals surface area contributed by atoms with E-state index in [-0.39, 0.29) is 0 Å². The second-order valence-electron chi connectivity index (χ2n) is 6.22. The molecule has 3 aromatic rings. The Kier molecular flexibility index (Phi) is 3.47. The van der Waals surface area contributed by atoms with Crippen LogP contribution in [0.3, 0.4) is 0 Å². The Morgan fingerprint density at radius 2 is 1.82 bits per heavy atom. The first-order valence-electron chi connectivity index (χ1n) is 8.18. The Labute approximate surface area is 131 Å². The molecular formula is C20H22N2. The van der Waals surface area contributed by atoms with Crippen LogP contribution >= 0.6 is 0 Å². The minimum atomic E-state index is 0.496. The highest BCUT2D eigenvalue weighted by Gasteiger charge is 2.27. The van der Waals surface area contributed by atoms with Gasteiger partial charge in [0.1, 0.15) is 0 Å². The maximum Gasteiger partial charge on any atom is 0.0483 e. The van der Waals surface area contributed by atoms with Gasteiger partial charge in [-0.3, -0.25) is 0 Å². The predicted molar refractivity (Wildman–Crippen MR) is 92.1 cm³/mol. The van der Waals surface area contributed by atoms with E-state index in [2.05, 4.69) is 71.5 Å². The molecular weight excluding hydrogens is 268 g/mol. The summed E-state index contributed by atoms with van der Waals surface area (Å²) < 4.78 is 2.39. The predicted octanol–water partition coefficient (Wildman–Crippen LogP) is 4.00. The molecule has 0 bridgehead atoms. The zero-order valence-electron chi connectivity index (χ0n) is 13.0. The van der Waals surface area contributed by atoms with Crippen LogP contribution in [0.1, 0.15) is 29.3 Å². The third-order valence-electron chi connectivity index (χ3n) is 4.92. The molecule has 0 spiro atoms. The van der Waals surface area contributed by atoms with Crippen molar-refractivity contribution in [1.82, 2.24) is 9.88 Å². The number of nitrogens with zero attached hydrogens (tertiary/aromatic N) is 1. The van der Waals surface area contributed by atoms with E-state index in [0.717, 1.165) is 13.0 Å². The lowest BCUT2D eigenvalue weighted by molar-refractivity contribution is 0.513. The summed E-state index contributed by atoms with van der Waals surface area (Å²) >= 11 is 0. The molecule has 1 aliphatic carbocycles. The van der Waals surface area contributed by atoms with E-state index in [1.165, 1.54) is 35.0 Å². The van der Waals surface area contributed by atoms with Crippen molar-refractivity contribution in [3.8, 4) is 0 Å². The van der Waals surface area contributed by atoms with Gasteiger partial charge in [-0.15, -0.1) is 0 Å². The minimum Gasteiger partial charge on any atom is -0.346 e. The molecule has 0 radical (unpaired) electrons. The highest BCUT2D eigenvalue weighted by molar-refractivity contribution is 5.86. The maximum atomic E-state index is 3.77. The maximum absolute atomic E-state index is 3.77. The first-order valence-corrected chi connectivity index (χ1v) is 8.18. The van der Waals surface area contributed by atoms with Crippen molar-refractivity contribution in [2.45, 2.75) is 25.3 Å². The highest BCUT2D eigenvalue weighted by atomic mass is 15.0. The molecule has 1 unspecified atom stereocenters. The van der Waals surface area contributed by atoms with E-state index in [1.54, 1.807) is 5.56 Å². The normalized spacial score (nSPS) is 17.0. The molecule has 0 fully saturated rings. The van der Waals surface area contributed by atoms with Crippen molar-refractivity contribution in [2.24, 2.45) is 7.05 Å². The number of hydrogen-bond acceptors (Lipinski definition) is 1. The number of benzene rings is 2. The summed E-state index contributed by atoms with van der Waals surface area (Å²) in [6, 6.07) is 20.0. The topological polar surface area (TPSA) is 17.0 Å². The van der Waals surface area contributed by atoms with E-state index >= 15 is 0 Å². The molecule has 4 rings (SSSR count). The molecule has 22 heavy (non-hydrogen) atoms. The van der Waals surface area contributed by atoms with Crippen molar-refractivity contribution < 1.29 is 0 Å². The molecule has 1 aliphatic rings. The van der Waals surface area contributed by atoms with Crippen LogP contribution in [-0.2, 0) is 19.9 Å². The van der Waals surface area contributed by atoms with Crippen LogP contribution in [0.25, 0.3) is 10.9 Å². The lowest BCUT2D eigenvalue weighted by Crippen LogP contribution is -2.23. The lowest BCUT2D eigenvalue weighted by atomic mass is 10.1. The molecule has 0 saturated carbocycles. The number of aryl methyl sites for hydroxylation is 2. The van der Waals surface area contributed by atoms with Crippen molar-refractivity contribution in [1.29, 1.82) is 0 Å². The summed E-state index contributed by atoms with van der Waals surface area (Å²) in [6.45, 7) is 1.04. The first kappa shape index (κ1) is 13.6. The molecule has 1 heterocycles. The van der Waals surface area contributed by atoms with E-state index in [1.807, 2.05) is 0 Å². The smallest absolute Gasteiger partial charge is 0.0483 e. The quantitative estimate of drug-likeness (QED) is 0.768. The number of aromatic nitrogens is 1. The van der Waals surface area contributed by atoms with Crippen LogP contribution in [0.15, 0.2) is 54.6 Å². The van der Waals surface area contributed by atoms with Crippen molar-refractivity contribution in [3.05, 3.63) is 71.4 Å². The molecule has 0 aliphatic heterocycles. The minimum absolute atomic E-state index is 0.496. The Morgan fingerprint density at radius 1 is 1.05 bits per heavy atom. The highest BCUT2D eigenvalue weighted by Crippen LogP contribution is 2.37. The number of para-hydroxylation sites is 1. The van der Waals surface area contributed by atoms with Crippen LogP contribution in [0.4, 0.5) is 0 Å². The summed E-state index contributed by atoms with van der Waals surface area (Å²) in [6.07, 6.45) is 3.51. The van der Waals surface area contributed by atoms with E-state index < -0.39 is 0 Å². The standard InChI is InChI=1S/C20H22N2/c1-22-19-10-6-5-9-16(19)17-11-12-18(20(17)22)21-14-13-15-7-3-2-4-8-15/h2-10,18,21H,11-14H2,1H3. The van der Waals surface area contributed by atoms with Crippen molar-refractivity contribution >= 4 is 10.9 Å². The molecule has 2 nitrogen and oxygen atoms in total. The van der Waals surface area contributed by atoms with Crippen LogP contribution < -0.4 is 5.32 Å². The van der Waals surface area contributed by atoms with Gasteiger partial charge < -0.3 is 9.88 Å². The van der Waals surface area contributed by atoms with Gasteiger partial charge >= 0.3 is 0 Å². The monoisotopic (exact) mass is 290 g/mol. The second-order valence-corrected chi connectivity index (χ2v) is 6.22. The third-order valence-corrected chi connectivity index (χ3v) is 4.92. The Hall–Kier alpha value is -2.06. The van der Waals surface area contributed by atoms with E-state index in [4.69, 9.17) is 0 Å².